The molecule has 0 saturated carbocycles. The summed E-state index contributed by atoms with van der Waals surface area (Å²) in [5.74, 6) is 0.550. The summed E-state index contributed by atoms with van der Waals surface area (Å²) in [5, 5.41) is 0.279. The molecule has 0 spiro atoms. The van der Waals surface area contributed by atoms with Crippen LogP contribution < -0.4 is 10.5 Å². The van der Waals surface area contributed by atoms with E-state index in [0.29, 0.717) is 12.5 Å². The van der Waals surface area contributed by atoms with Crippen LogP contribution in [-0.2, 0) is 14.8 Å². The molecule has 3 N–H and O–H groups in total. The van der Waals surface area contributed by atoms with E-state index in [9.17, 15) is 8.42 Å². The molecule has 0 aliphatic carbocycles. The molecule has 0 heterocycles. The Kier molecular flexibility index (Phi) is 7.23. The Bertz CT molecular complexity index is 554. The predicted octanol–water partition coefficient (Wildman–Crippen LogP) is 2.92. The molecule has 8 heteroatoms. The smallest absolute Gasteiger partial charge is 0.244 e. The Balaban J connectivity index is 2.59. The summed E-state index contributed by atoms with van der Waals surface area (Å²) in [6, 6.07) is 2.69. The summed E-state index contributed by atoms with van der Waals surface area (Å²) in [7, 11) is -3.79. The second kappa shape index (κ2) is 8.19. The monoisotopic (exact) mass is 354 g/mol. The first kappa shape index (κ1) is 18.5. The molecule has 1 aromatic carbocycles. The first-order valence-corrected chi connectivity index (χ1v) is 8.80. The van der Waals surface area contributed by atoms with Gasteiger partial charge < -0.3 is 10.5 Å². The normalized spacial score (nSPS) is 12.0. The highest BCUT2D eigenvalue weighted by molar-refractivity contribution is 7.89. The number of halogens is 2. The number of hydrogen-bond acceptors (Lipinski definition) is 4. The zero-order chi connectivity index (χ0) is 16.0. The van der Waals surface area contributed by atoms with Gasteiger partial charge in [-0.1, -0.05) is 37.0 Å². The molecule has 0 bridgehead atoms. The summed E-state index contributed by atoms with van der Waals surface area (Å²) >= 11 is 11.7. The van der Waals surface area contributed by atoms with Crippen LogP contribution in [0.25, 0.3) is 0 Å². The van der Waals surface area contributed by atoms with Crippen LogP contribution >= 0.6 is 23.2 Å². The Morgan fingerprint density at radius 3 is 2.52 bits per heavy atom. The van der Waals surface area contributed by atoms with Gasteiger partial charge in [0.2, 0.25) is 10.0 Å². The predicted molar refractivity (Wildman–Crippen MR) is 86.3 cm³/mol. The van der Waals surface area contributed by atoms with Crippen LogP contribution in [0.5, 0.6) is 0 Å². The lowest BCUT2D eigenvalue weighted by Gasteiger charge is -2.12. The first-order valence-electron chi connectivity index (χ1n) is 6.56. The average Bonchev–Trinajstić information content (AvgIpc) is 2.31. The minimum Gasteiger partial charge on any atom is -0.398 e. The van der Waals surface area contributed by atoms with Gasteiger partial charge in [0.05, 0.1) is 17.3 Å². The van der Waals surface area contributed by atoms with E-state index in [2.05, 4.69) is 18.6 Å². The lowest BCUT2D eigenvalue weighted by Crippen LogP contribution is -2.28. The molecular weight excluding hydrogens is 335 g/mol. The van der Waals surface area contributed by atoms with Crippen LogP contribution in [0.4, 0.5) is 5.69 Å². The van der Waals surface area contributed by atoms with Crippen molar-refractivity contribution in [3.05, 3.63) is 22.2 Å². The molecule has 0 fully saturated rings. The zero-order valence-electron chi connectivity index (χ0n) is 12.0. The van der Waals surface area contributed by atoms with Crippen molar-refractivity contribution in [2.75, 3.05) is 25.5 Å². The second-order valence-electron chi connectivity index (χ2n) is 5.00. The fraction of sp³-hybridized carbons (Fsp3) is 0.538. The van der Waals surface area contributed by atoms with Crippen molar-refractivity contribution in [1.82, 2.24) is 4.72 Å². The quantitative estimate of drug-likeness (QED) is 0.555. The van der Waals surface area contributed by atoms with Crippen LogP contribution in [0.3, 0.4) is 0 Å². The maximum Gasteiger partial charge on any atom is 0.244 e. The number of nitrogen functional groups attached to an aromatic ring is 1. The Labute approximate surface area is 135 Å². The highest BCUT2D eigenvalue weighted by atomic mass is 35.5. The van der Waals surface area contributed by atoms with Gasteiger partial charge in [-0.05, 0) is 24.5 Å². The topological polar surface area (TPSA) is 81.4 Å². The van der Waals surface area contributed by atoms with E-state index in [1.54, 1.807) is 0 Å². The van der Waals surface area contributed by atoms with Gasteiger partial charge >= 0.3 is 0 Å². The molecule has 0 aliphatic heterocycles. The van der Waals surface area contributed by atoms with Gasteiger partial charge in [0.25, 0.3) is 0 Å². The molecule has 5 nitrogen and oxygen atoms in total. The van der Waals surface area contributed by atoms with Gasteiger partial charge in [-0.3, -0.25) is 0 Å². The Hall–Kier alpha value is -0.530. The molecule has 0 atom stereocenters. The summed E-state index contributed by atoms with van der Waals surface area (Å²) < 4.78 is 32.1. The van der Waals surface area contributed by atoms with E-state index in [1.807, 2.05) is 0 Å². The number of anilines is 1. The number of ether oxygens (including phenoxy) is 1. The molecule has 21 heavy (non-hydrogen) atoms. The molecule has 0 aromatic heterocycles. The van der Waals surface area contributed by atoms with E-state index in [4.69, 9.17) is 33.7 Å². The van der Waals surface area contributed by atoms with Crippen LogP contribution in [-0.4, -0.2) is 28.2 Å². The highest BCUT2D eigenvalue weighted by Crippen LogP contribution is 2.30. The third-order valence-corrected chi connectivity index (χ3v) is 4.89. The van der Waals surface area contributed by atoms with E-state index in [0.717, 1.165) is 6.42 Å². The summed E-state index contributed by atoms with van der Waals surface area (Å²) in [5.41, 5.74) is 5.69. The van der Waals surface area contributed by atoms with Gasteiger partial charge in [0, 0.05) is 18.2 Å². The largest absolute Gasteiger partial charge is 0.398 e. The van der Waals surface area contributed by atoms with Gasteiger partial charge in [0.1, 0.15) is 4.90 Å². The number of benzene rings is 1. The molecule has 0 unspecified atom stereocenters. The fourth-order valence-corrected chi connectivity index (χ4v) is 3.60. The van der Waals surface area contributed by atoms with E-state index >= 15 is 0 Å². The van der Waals surface area contributed by atoms with Gasteiger partial charge in [-0.25, -0.2) is 13.1 Å². The standard InChI is InChI=1S/C13H20Cl2N2O3S/c1-9(2)3-5-20-6-4-17-21(18,19)13-11(15)7-10(14)8-12(13)16/h7-9,17H,3-6,16H2,1-2H3. The summed E-state index contributed by atoms with van der Waals surface area (Å²) in [6.45, 7) is 5.23. The van der Waals surface area contributed by atoms with Crippen molar-refractivity contribution >= 4 is 38.9 Å². The van der Waals surface area contributed by atoms with Crippen molar-refractivity contribution in [3.8, 4) is 0 Å². The van der Waals surface area contributed by atoms with E-state index < -0.39 is 10.0 Å². The molecule has 0 saturated heterocycles. The summed E-state index contributed by atoms with van der Waals surface area (Å²) in [4.78, 5) is -0.157. The van der Waals surface area contributed by atoms with E-state index in [-0.39, 0.29) is 33.8 Å². The van der Waals surface area contributed by atoms with Crippen LogP contribution in [0.2, 0.25) is 10.0 Å². The first-order chi connectivity index (χ1) is 9.74. The fourth-order valence-electron chi connectivity index (χ4n) is 1.61. The maximum atomic E-state index is 12.2. The summed E-state index contributed by atoms with van der Waals surface area (Å²) in [6.07, 6.45) is 0.933. The molecule has 0 amide bonds. The molecule has 1 aromatic rings. The zero-order valence-corrected chi connectivity index (χ0v) is 14.4. The van der Waals surface area contributed by atoms with Crippen molar-refractivity contribution in [1.29, 1.82) is 0 Å². The number of hydrogen-bond donors (Lipinski definition) is 2. The van der Waals surface area contributed by atoms with Crippen molar-refractivity contribution < 1.29 is 13.2 Å². The molecular formula is C13H20Cl2N2O3S. The van der Waals surface area contributed by atoms with Crippen LogP contribution in [0, 0.1) is 5.92 Å². The number of rotatable bonds is 8. The SMILES string of the molecule is CC(C)CCOCCNS(=O)(=O)c1c(N)cc(Cl)cc1Cl. The minimum atomic E-state index is -3.79. The van der Waals surface area contributed by atoms with Gasteiger partial charge in [0.15, 0.2) is 0 Å². The molecule has 1 rings (SSSR count). The lowest BCUT2D eigenvalue weighted by atomic mass is 10.1. The third kappa shape index (κ3) is 6.00. The Morgan fingerprint density at radius 1 is 1.29 bits per heavy atom. The second-order valence-corrected chi connectivity index (χ2v) is 7.55. The number of nitrogens with one attached hydrogen (secondary N) is 1. The average molecular weight is 355 g/mol. The van der Waals surface area contributed by atoms with Gasteiger partial charge in [-0.2, -0.15) is 0 Å². The lowest BCUT2D eigenvalue weighted by molar-refractivity contribution is 0.128. The number of nitrogens with two attached hydrogens (primary N) is 1. The van der Waals surface area contributed by atoms with Crippen molar-refractivity contribution in [2.24, 2.45) is 5.92 Å². The minimum absolute atomic E-state index is 0.00627. The molecule has 0 radical (unpaired) electrons. The molecule has 0 aliphatic rings. The number of sulfonamides is 1. The van der Waals surface area contributed by atoms with Crippen LogP contribution in [0.1, 0.15) is 20.3 Å². The highest BCUT2D eigenvalue weighted by Gasteiger charge is 2.21. The van der Waals surface area contributed by atoms with E-state index in [1.165, 1.54) is 12.1 Å². The third-order valence-electron chi connectivity index (χ3n) is 2.68. The molecule has 120 valence electrons. The van der Waals surface area contributed by atoms with Gasteiger partial charge in [-0.15, -0.1) is 0 Å². The maximum absolute atomic E-state index is 12.2. The Morgan fingerprint density at radius 2 is 1.95 bits per heavy atom. The van der Waals surface area contributed by atoms with Crippen LogP contribution in [0.15, 0.2) is 17.0 Å². The van der Waals surface area contributed by atoms with Crippen molar-refractivity contribution in [3.63, 3.8) is 0 Å². The van der Waals surface area contributed by atoms with Crippen molar-refractivity contribution in [2.45, 2.75) is 25.2 Å².